The molecule has 1 atom stereocenters. The number of halogens is 1. The number of carbonyl (C=O) groups excluding carboxylic acids is 1. The average molecular weight is 373 g/mol. The molecule has 3 rings (SSSR count). The van der Waals surface area contributed by atoms with E-state index in [0.717, 1.165) is 42.6 Å². The number of aryl methyl sites for hydroxylation is 2. The van der Waals surface area contributed by atoms with Gasteiger partial charge in [-0.2, -0.15) is 0 Å². The topological polar surface area (TPSA) is 58.1 Å². The van der Waals surface area contributed by atoms with E-state index in [9.17, 15) is 4.79 Å². The van der Waals surface area contributed by atoms with Crippen LogP contribution in [0.5, 0.6) is 0 Å². The summed E-state index contributed by atoms with van der Waals surface area (Å²) >= 11 is 6.32. The van der Waals surface area contributed by atoms with Gasteiger partial charge >= 0.3 is 0 Å². The molecule has 26 heavy (non-hydrogen) atoms. The van der Waals surface area contributed by atoms with Gasteiger partial charge in [-0.1, -0.05) is 24.6 Å². The maximum atomic E-state index is 12.8. The van der Waals surface area contributed by atoms with Gasteiger partial charge in [0.2, 0.25) is 5.95 Å². The Kier molecular flexibility index (Phi) is 5.77. The maximum Gasteiger partial charge on any atom is 0.257 e. The first-order valence-electron chi connectivity index (χ1n) is 9.16. The molecule has 1 aliphatic heterocycles. The molecule has 1 aliphatic rings. The first-order valence-corrected chi connectivity index (χ1v) is 9.54. The molecule has 1 aromatic heterocycles. The zero-order valence-electron chi connectivity index (χ0n) is 15.6. The van der Waals surface area contributed by atoms with E-state index >= 15 is 0 Å². The number of aromatic nitrogens is 2. The molecule has 1 unspecified atom stereocenters. The number of benzene rings is 1. The third kappa shape index (κ3) is 3.98. The lowest BCUT2D eigenvalue weighted by molar-refractivity contribution is 0.0607. The molecule has 1 saturated heterocycles. The Morgan fingerprint density at radius 3 is 2.65 bits per heavy atom. The van der Waals surface area contributed by atoms with Gasteiger partial charge in [0, 0.05) is 25.0 Å². The fraction of sp³-hybridized carbons (Fsp3) is 0.450. The molecule has 1 aromatic carbocycles. The summed E-state index contributed by atoms with van der Waals surface area (Å²) < 4.78 is 0. The Morgan fingerprint density at radius 2 is 2.00 bits per heavy atom. The first kappa shape index (κ1) is 18.6. The van der Waals surface area contributed by atoms with Crippen LogP contribution in [-0.2, 0) is 0 Å². The Balaban J connectivity index is 1.75. The van der Waals surface area contributed by atoms with E-state index in [1.807, 2.05) is 30.9 Å². The SMILES string of the molecule is CCC1CCCCN1C(=O)c1cnc(Nc2c(C)cc(C)cc2Cl)nc1. The van der Waals surface area contributed by atoms with Gasteiger partial charge in [-0.05, 0) is 56.7 Å². The molecule has 1 fully saturated rings. The van der Waals surface area contributed by atoms with E-state index in [1.165, 1.54) is 6.42 Å². The first-order chi connectivity index (χ1) is 12.5. The molecule has 5 nitrogen and oxygen atoms in total. The van der Waals surface area contributed by atoms with Gasteiger partial charge in [-0.25, -0.2) is 9.97 Å². The summed E-state index contributed by atoms with van der Waals surface area (Å²) in [7, 11) is 0. The smallest absolute Gasteiger partial charge is 0.257 e. The van der Waals surface area contributed by atoms with E-state index in [4.69, 9.17) is 11.6 Å². The summed E-state index contributed by atoms with van der Waals surface area (Å²) in [5.41, 5.74) is 3.45. The second kappa shape index (κ2) is 8.04. The van der Waals surface area contributed by atoms with Gasteiger partial charge in [-0.3, -0.25) is 4.79 Å². The van der Waals surface area contributed by atoms with E-state index in [-0.39, 0.29) is 5.91 Å². The molecule has 0 radical (unpaired) electrons. The number of nitrogens with zero attached hydrogens (tertiary/aromatic N) is 3. The summed E-state index contributed by atoms with van der Waals surface area (Å²) in [5, 5.41) is 3.78. The normalized spacial score (nSPS) is 17.2. The highest BCUT2D eigenvalue weighted by Gasteiger charge is 2.26. The van der Waals surface area contributed by atoms with Crippen molar-refractivity contribution in [3.63, 3.8) is 0 Å². The van der Waals surface area contributed by atoms with Crippen LogP contribution in [0.2, 0.25) is 5.02 Å². The third-order valence-corrected chi connectivity index (χ3v) is 5.22. The van der Waals surface area contributed by atoms with Crippen molar-refractivity contribution in [3.8, 4) is 0 Å². The Morgan fingerprint density at radius 1 is 1.27 bits per heavy atom. The fourth-order valence-corrected chi connectivity index (χ4v) is 3.92. The molecule has 6 heteroatoms. The third-order valence-electron chi connectivity index (χ3n) is 4.93. The van der Waals surface area contributed by atoms with Crippen LogP contribution in [0.3, 0.4) is 0 Å². The number of amides is 1. The second-order valence-corrected chi connectivity index (χ2v) is 7.32. The van der Waals surface area contributed by atoms with Crippen LogP contribution in [0.4, 0.5) is 11.6 Å². The number of anilines is 2. The van der Waals surface area contributed by atoms with Gasteiger partial charge in [-0.15, -0.1) is 0 Å². The minimum atomic E-state index is 0.0210. The second-order valence-electron chi connectivity index (χ2n) is 6.92. The van der Waals surface area contributed by atoms with Crippen molar-refractivity contribution in [2.24, 2.45) is 0 Å². The van der Waals surface area contributed by atoms with Crippen molar-refractivity contribution in [1.29, 1.82) is 0 Å². The van der Waals surface area contributed by atoms with Crippen molar-refractivity contribution in [1.82, 2.24) is 14.9 Å². The maximum absolute atomic E-state index is 12.8. The predicted octanol–water partition coefficient (Wildman–Crippen LogP) is 4.90. The van der Waals surface area contributed by atoms with Crippen molar-refractivity contribution in [2.75, 3.05) is 11.9 Å². The molecule has 1 N–H and O–H groups in total. The van der Waals surface area contributed by atoms with Crippen LogP contribution >= 0.6 is 11.6 Å². The highest BCUT2D eigenvalue weighted by Crippen LogP contribution is 2.29. The molecule has 2 heterocycles. The summed E-state index contributed by atoms with van der Waals surface area (Å²) in [6.07, 6.45) is 7.50. The fourth-order valence-electron chi connectivity index (χ4n) is 3.55. The van der Waals surface area contributed by atoms with Crippen LogP contribution in [0, 0.1) is 13.8 Å². The molecule has 0 saturated carbocycles. The largest absolute Gasteiger partial charge is 0.336 e. The van der Waals surface area contributed by atoms with Crippen molar-refractivity contribution >= 4 is 29.1 Å². The highest BCUT2D eigenvalue weighted by atomic mass is 35.5. The molecule has 1 amide bonds. The minimum Gasteiger partial charge on any atom is -0.336 e. The zero-order chi connectivity index (χ0) is 18.7. The van der Waals surface area contributed by atoms with Crippen LogP contribution in [0.15, 0.2) is 24.5 Å². The Labute approximate surface area is 159 Å². The van der Waals surface area contributed by atoms with Crippen molar-refractivity contribution in [2.45, 2.75) is 52.5 Å². The molecule has 0 bridgehead atoms. The van der Waals surface area contributed by atoms with E-state index in [2.05, 4.69) is 22.2 Å². The lowest BCUT2D eigenvalue weighted by Gasteiger charge is -2.35. The van der Waals surface area contributed by atoms with Gasteiger partial charge < -0.3 is 10.2 Å². The van der Waals surface area contributed by atoms with Gasteiger partial charge in [0.15, 0.2) is 0 Å². The predicted molar refractivity (Wildman–Crippen MR) is 105 cm³/mol. The number of piperidine rings is 1. The number of rotatable bonds is 4. The number of hydrogen-bond acceptors (Lipinski definition) is 4. The summed E-state index contributed by atoms with van der Waals surface area (Å²) in [6, 6.07) is 4.27. The van der Waals surface area contributed by atoms with Crippen LogP contribution in [-0.4, -0.2) is 33.4 Å². The monoisotopic (exact) mass is 372 g/mol. The molecule has 2 aromatic rings. The van der Waals surface area contributed by atoms with Crippen LogP contribution in [0.1, 0.15) is 54.1 Å². The summed E-state index contributed by atoms with van der Waals surface area (Å²) in [6.45, 7) is 6.94. The molecular formula is C20H25ClN4O. The highest BCUT2D eigenvalue weighted by molar-refractivity contribution is 6.33. The lowest BCUT2D eigenvalue weighted by Crippen LogP contribution is -2.43. The van der Waals surface area contributed by atoms with Crippen LogP contribution < -0.4 is 5.32 Å². The number of hydrogen-bond donors (Lipinski definition) is 1. The minimum absolute atomic E-state index is 0.0210. The number of likely N-dealkylation sites (tertiary alicyclic amines) is 1. The van der Waals surface area contributed by atoms with Crippen molar-refractivity contribution in [3.05, 3.63) is 46.2 Å². The van der Waals surface area contributed by atoms with E-state index in [1.54, 1.807) is 12.4 Å². The average Bonchev–Trinajstić information content (AvgIpc) is 2.64. The molecule has 138 valence electrons. The lowest BCUT2D eigenvalue weighted by atomic mass is 9.99. The molecule has 0 aliphatic carbocycles. The number of carbonyl (C=O) groups is 1. The van der Waals surface area contributed by atoms with Gasteiger partial charge in [0.05, 0.1) is 16.3 Å². The molecule has 0 spiro atoms. The van der Waals surface area contributed by atoms with E-state index < -0.39 is 0 Å². The van der Waals surface area contributed by atoms with E-state index in [0.29, 0.717) is 22.6 Å². The summed E-state index contributed by atoms with van der Waals surface area (Å²) in [5.74, 6) is 0.453. The van der Waals surface area contributed by atoms with Gasteiger partial charge in [0.1, 0.15) is 0 Å². The van der Waals surface area contributed by atoms with Crippen LogP contribution in [0.25, 0.3) is 0 Å². The van der Waals surface area contributed by atoms with Crippen molar-refractivity contribution < 1.29 is 4.79 Å². The zero-order valence-corrected chi connectivity index (χ0v) is 16.3. The quantitative estimate of drug-likeness (QED) is 0.829. The summed E-state index contributed by atoms with van der Waals surface area (Å²) in [4.78, 5) is 23.4. The number of nitrogens with one attached hydrogen (secondary N) is 1. The van der Waals surface area contributed by atoms with Gasteiger partial charge in [0.25, 0.3) is 5.91 Å². The Bertz CT molecular complexity index is 768. The molecular weight excluding hydrogens is 348 g/mol. The standard InChI is InChI=1S/C20H25ClN4O/c1-4-16-7-5-6-8-25(16)19(26)15-11-22-20(23-12-15)24-18-14(3)9-13(2)10-17(18)21/h9-12,16H,4-8H2,1-3H3,(H,22,23,24). The Hall–Kier alpha value is -2.14.